The van der Waals surface area contributed by atoms with Crippen LogP contribution in [0.3, 0.4) is 0 Å². The third-order valence-corrected chi connectivity index (χ3v) is 3.11. The van der Waals surface area contributed by atoms with Crippen LogP contribution in [0.5, 0.6) is 0 Å². The number of aliphatic carboxylic acids is 1. The molecular formula is C11H17N3O3S. The number of nitrogens with one attached hydrogen (secondary N) is 1. The number of carboxylic acids is 1. The van der Waals surface area contributed by atoms with Crippen LogP contribution >= 0.6 is 11.8 Å². The van der Waals surface area contributed by atoms with Gasteiger partial charge in [0.15, 0.2) is 5.54 Å². The molecule has 2 N–H and O–H groups in total. The predicted octanol–water partition coefficient (Wildman–Crippen LogP) is 1.39. The standard InChI is InChI=1S/C11H17N3O3S/c1-11(2,10(16)17)14-7-8(6-12-14)13-9(15)4-5-18-3/h6-7H,4-5H2,1-3H3,(H,13,15)(H,16,17). The van der Waals surface area contributed by atoms with Gasteiger partial charge in [0.2, 0.25) is 5.91 Å². The average molecular weight is 271 g/mol. The minimum atomic E-state index is -1.14. The lowest BCUT2D eigenvalue weighted by molar-refractivity contribution is -0.146. The van der Waals surface area contributed by atoms with Crippen LogP contribution in [-0.2, 0) is 15.1 Å². The van der Waals surface area contributed by atoms with Gasteiger partial charge in [-0.05, 0) is 20.1 Å². The molecule has 1 heterocycles. The molecule has 0 aliphatic rings. The van der Waals surface area contributed by atoms with Crippen LogP contribution in [0, 0.1) is 0 Å². The quantitative estimate of drug-likeness (QED) is 0.817. The van der Waals surface area contributed by atoms with Gasteiger partial charge in [-0.1, -0.05) is 0 Å². The van der Waals surface area contributed by atoms with E-state index < -0.39 is 11.5 Å². The molecule has 1 aromatic rings. The number of rotatable bonds is 6. The van der Waals surface area contributed by atoms with Gasteiger partial charge in [-0.25, -0.2) is 4.79 Å². The predicted molar refractivity (Wildman–Crippen MR) is 70.8 cm³/mol. The van der Waals surface area contributed by atoms with Gasteiger partial charge in [0.1, 0.15) is 0 Å². The fourth-order valence-corrected chi connectivity index (χ4v) is 1.60. The molecule has 0 radical (unpaired) electrons. The largest absolute Gasteiger partial charge is 0.479 e. The molecule has 0 aromatic carbocycles. The first-order valence-electron chi connectivity index (χ1n) is 5.45. The number of nitrogens with zero attached hydrogens (tertiary/aromatic N) is 2. The normalized spacial score (nSPS) is 11.3. The Morgan fingerprint density at radius 2 is 2.22 bits per heavy atom. The molecular weight excluding hydrogens is 254 g/mol. The Kier molecular flexibility index (Phi) is 4.77. The number of hydrogen-bond acceptors (Lipinski definition) is 4. The van der Waals surface area contributed by atoms with E-state index in [1.165, 1.54) is 17.1 Å². The lowest BCUT2D eigenvalue weighted by atomic mass is 10.1. The van der Waals surface area contributed by atoms with E-state index >= 15 is 0 Å². The van der Waals surface area contributed by atoms with Crippen molar-refractivity contribution >= 4 is 29.3 Å². The van der Waals surface area contributed by atoms with Crippen molar-refractivity contribution < 1.29 is 14.7 Å². The molecule has 18 heavy (non-hydrogen) atoms. The van der Waals surface area contributed by atoms with E-state index in [1.807, 2.05) is 6.26 Å². The fourth-order valence-electron chi connectivity index (χ4n) is 1.21. The second-order valence-electron chi connectivity index (χ2n) is 4.33. The van der Waals surface area contributed by atoms with E-state index in [4.69, 9.17) is 5.11 Å². The number of hydrogen-bond donors (Lipinski definition) is 2. The maximum Gasteiger partial charge on any atom is 0.331 e. The van der Waals surface area contributed by atoms with E-state index in [9.17, 15) is 9.59 Å². The second-order valence-corrected chi connectivity index (χ2v) is 5.31. The maximum absolute atomic E-state index is 11.5. The van der Waals surface area contributed by atoms with Crippen LogP contribution in [0.2, 0.25) is 0 Å². The first-order valence-corrected chi connectivity index (χ1v) is 6.84. The number of amides is 1. The molecule has 7 heteroatoms. The second kappa shape index (κ2) is 5.90. The Morgan fingerprint density at radius 1 is 1.56 bits per heavy atom. The van der Waals surface area contributed by atoms with Crippen molar-refractivity contribution in [2.45, 2.75) is 25.8 Å². The Morgan fingerprint density at radius 3 is 2.78 bits per heavy atom. The lowest BCUT2D eigenvalue weighted by Crippen LogP contribution is -2.35. The van der Waals surface area contributed by atoms with Crippen LogP contribution in [-0.4, -0.2) is 38.8 Å². The lowest BCUT2D eigenvalue weighted by Gasteiger charge is -2.19. The zero-order valence-electron chi connectivity index (χ0n) is 10.6. The Labute approximate surface area is 110 Å². The van der Waals surface area contributed by atoms with Gasteiger partial charge in [-0.3, -0.25) is 9.48 Å². The molecule has 6 nitrogen and oxygen atoms in total. The molecule has 0 saturated carbocycles. The molecule has 0 fully saturated rings. The Hall–Kier alpha value is -1.50. The minimum absolute atomic E-state index is 0.1000. The highest BCUT2D eigenvalue weighted by molar-refractivity contribution is 7.98. The molecule has 0 atom stereocenters. The summed E-state index contributed by atoms with van der Waals surface area (Å²) in [6, 6.07) is 0. The van der Waals surface area contributed by atoms with Gasteiger partial charge in [-0.15, -0.1) is 0 Å². The van der Waals surface area contributed by atoms with Gasteiger partial charge in [0.25, 0.3) is 0 Å². The summed E-state index contributed by atoms with van der Waals surface area (Å²) in [6.45, 7) is 3.09. The van der Waals surface area contributed by atoms with E-state index in [1.54, 1.807) is 25.6 Å². The number of carbonyl (C=O) groups excluding carboxylic acids is 1. The number of aromatic nitrogens is 2. The van der Waals surface area contributed by atoms with Crippen LogP contribution in [0.1, 0.15) is 20.3 Å². The highest BCUT2D eigenvalue weighted by atomic mass is 32.2. The fraction of sp³-hybridized carbons (Fsp3) is 0.545. The van der Waals surface area contributed by atoms with Crippen LogP contribution in [0.25, 0.3) is 0 Å². The van der Waals surface area contributed by atoms with Gasteiger partial charge in [0.05, 0.1) is 11.9 Å². The molecule has 0 saturated heterocycles. The average Bonchev–Trinajstić information content (AvgIpc) is 2.75. The van der Waals surface area contributed by atoms with Crippen molar-refractivity contribution in [3.05, 3.63) is 12.4 Å². The van der Waals surface area contributed by atoms with Crippen molar-refractivity contribution in [2.75, 3.05) is 17.3 Å². The van der Waals surface area contributed by atoms with Gasteiger partial charge >= 0.3 is 5.97 Å². The van der Waals surface area contributed by atoms with Gasteiger partial charge < -0.3 is 10.4 Å². The van der Waals surface area contributed by atoms with Crippen LogP contribution < -0.4 is 5.32 Å². The van der Waals surface area contributed by atoms with Crippen molar-refractivity contribution in [1.82, 2.24) is 9.78 Å². The molecule has 1 aromatic heterocycles. The summed E-state index contributed by atoms with van der Waals surface area (Å²) in [6.07, 6.45) is 5.32. The van der Waals surface area contributed by atoms with Crippen molar-refractivity contribution in [3.8, 4) is 0 Å². The van der Waals surface area contributed by atoms with Crippen molar-refractivity contribution in [1.29, 1.82) is 0 Å². The van der Waals surface area contributed by atoms with E-state index in [0.717, 1.165) is 5.75 Å². The minimum Gasteiger partial charge on any atom is -0.479 e. The highest BCUT2D eigenvalue weighted by Crippen LogP contribution is 2.17. The SMILES string of the molecule is CSCCC(=O)Nc1cnn(C(C)(C)C(=O)O)c1. The summed E-state index contributed by atoms with van der Waals surface area (Å²) in [5.74, 6) is -0.330. The Bertz CT molecular complexity index is 442. The van der Waals surface area contributed by atoms with Crippen molar-refractivity contribution in [3.63, 3.8) is 0 Å². The topological polar surface area (TPSA) is 84.2 Å². The molecule has 0 aliphatic heterocycles. The van der Waals surface area contributed by atoms with Crippen molar-refractivity contribution in [2.24, 2.45) is 0 Å². The molecule has 1 amide bonds. The van der Waals surface area contributed by atoms with Crippen LogP contribution in [0.15, 0.2) is 12.4 Å². The smallest absolute Gasteiger partial charge is 0.331 e. The zero-order chi connectivity index (χ0) is 13.8. The monoisotopic (exact) mass is 271 g/mol. The number of anilines is 1. The van der Waals surface area contributed by atoms with E-state index in [-0.39, 0.29) is 5.91 Å². The third-order valence-electron chi connectivity index (χ3n) is 2.50. The van der Waals surface area contributed by atoms with Gasteiger partial charge in [-0.2, -0.15) is 16.9 Å². The molecule has 1 rings (SSSR count). The van der Waals surface area contributed by atoms with Gasteiger partial charge in [0, 0.05) is 18.4 Å². The molecule has 0 bridgehead atoms. The third kappa shape index (κ3) is 3.49. The summed E-state index contributed by atoms with van der Waals surface area (Å²) in [4.78, 5) is 22.5. The maximum atomic E-state index is 11.5. The highest BCUT2D eigenvalue weighted by Gasteiger charge is 2.30. The summed E-state index contributed by atoms with van der Waals surface area (Å²) in [7, 11) is 0. The zero-order valence-corrected chi connectivity index (χ0v) is 11.5. The molecule has 0 aliphatic carbocycles. The first-order chi connectivity index (χ1) is 8.37. The summed E-state index contributed by atoms with van der Waals surface area (Å²) in [5, 5.41) is 15.7. The molecule has 0 spiro atoms. The Balaban J connectivity index is 2.69. The van der Waals surface area contributed by atoms with Crippen LogP contribution in [0.4, 0.5) is 5.69 Å². The number of carbonyl (C=O) groups is 2. The molecule has 100 valence electrons. The molecule has 0 unspecified atom stereocenters. The summed E-state index contributed by atoms with van der Waals surface area (Å²) >= 11 is 1.59. The summed E-state index contributed by atoms with van der Waals surface area (Å²) in [5.41, 5.74) is -0.627. The number of carboxylic acid groups (broad SMARTS) is 1. The number of thioether (sulfide) groups is 1. The van der Waals surface area contributed by atoms with E-state index in [0.29, 0.717) is 12.1 Å². The van der Waals surface area contributed by atoms with E-state index in [2.05, 4.69) is 10.4 Å². The first kappa shape index (κ1) is 14.6. The summed E-state index contributed by atoms with van der Waals surface area (Å²) < 4.78 is 1.32.